The van der Waals surface area contributed by atoms with Crippen LogP contribution in [0.15, 0.2) is 53.5 Å². The summed E-state index contributed by atoms with van der Waals surface area (Å²) in [4.78, 5) is 6.34. The van der Waals surface area contributed by atoms with Crippen LogP contribution in [0, 0.1) is 5.82 Å². The van der Waals surface area contributed by atoms with E-state index in [9.17, 15) is 4.39 Å². The molecule has 5 nitrogen and oxygen atoms in total. The van der Waals surface area contributed by atoms with E-state index in [0.717, 1.165) is 22.6 Å². The molecule has 2 rings (SSSR count). The van der Waals surface area contributed by atoms with Crippen LogP contribution in [0.25, 0.3) is 0 Å². The molecule has 0 saturated carbocycles. The fourth-order valence-electron chi connectivity index (χ4n) is 2.79. The highest BCUT2D eigenvalue weighted by Gasteiger charge is 2.07. The summed E-state index contributed by atoms with van der Waals surface area (Å²) < 4.78 is 24.0. The number of guanidine groups is 1. The summed E-state index contributed by atoms with van der Waals surface area (Å²) in [5, 5.41) is 3.37. The summed E-state index contributed by atoms with van der Waals surface area (Å²) in [6, 6.07) is 14.8. The van der Waals surface area contributed by atoms with E-state index in [1.165, 1.54) is 12.1 Å². The first kappa shape index (κ1) is 25.3. The second kappa shape index (κ2) is 14.3. The van der Waals surface area contributed by atoms with Crippen molar-refractivity contribution in [1.82, 2.24) is 10.2 Å². The molecule has 160 valence electrons. The molecule has 7 heteroatoms. The third-order valence-electron chi connectivity index (χ3n) is 4.19. The van der Waals surface area contributed by atoms with E-state index in [0.29, 0.717) is 39.5 Å². The van der Waals surface area contributed by atoms with Crippen LogP contribution in [-0.2, 0) is 29.2 Å². The molecule has 0 spiro atoms. The van der Waals surface area contributed by atoms with Crippen LogP contribution < -0.4 is 5.32 Å². The first-order valence-electron chi connectivity index (χ1n) is 9.52. The maximum Gasteiger partial charge on any atom is 0.193 e. The molecule has 0 aromatic heterocycles. The zero-order chi connectivity index (χ0) is 20.2. The molecular weight excluding hydrogens is 484 g/mol. The van der Waals surface area contributed by atoms with Crippen LogP contribution in [0.2, 0.25) is 0 Å². The minimum absolute atomic E-state index is 0. The van der Waals surface area contributed by atoms with Crippen molar-refractivity contribution in [2.24, 2.45) is 4.99 Å². The molecule has 0 atom stereocenters. The number of hydrogen-bond donors (Lipinski definition) is 1. The Hall–Kier alpha value is -1.71. The molecule has 0 aliphatic heterocycles. The number of rotatable bonds is 10. The minimum atomic E-state index is -0.226. The molecule has 0 aliphatic rings. The van der Waals surface area contributed by atoms with E-state index < -0.39 is 0 Å². The van der Waals surface area contributed by atoms with Crippen molar-refractivity contribution in [3.63, 3.8) is 0 Å². The van der Waals surface area contributed by atoms with Gasteiger partial charge in [0, 0.05) is 33.8 Å². The lowest BCUT2D eigenvalue weighted by Gasteiger charge is -2.22. The van der Waals surface area contributed by atoms with Gasteiger partial charge < -0.3 is 19.7 Å². The molecule has 0 bridgehead atoms. The monoisotopic (exact) mass is 515 g/mol. The Balaban J connectivity index is 0.00000420. The summed E-state index contributed by atoms with van der Waals surface area (Å²) >= 11 is 0. The third kappa shape index (κ3) is 9.56. The average molecular weight is 515 g/mol. The number of nitrogens with zero attached hydrogens (tertiary/aromatic N) is 2. The standard InChI is InChI=1S/C22H30FN3O2.HI/c1-4-27-12-13-28-17-20-7-5-6-19(14-20)15-25-22(24-2)26(3)16-18-8-10-21(23)11-9-18;/h5-11,14H,4,12-13,15-17H2,1-3H3,(H,24,25);1H. The zero-order valence-corrected chi connectivity index (χ0v) is 19.7. The first-order valence-corrected chi connectivity index (χ1v) is 9.52. The Bertz CT molecular complexity index is 741. The summed E-state index contributed by atoms with van der Waals surface area (Å²) in [6.07, 6.45) is 0. The fourth-order valence-corrected chi connectivity index (χ4v) is 2.79. The van der Waals surface area contributed by atoms with Crippen LogP contribution in [-0.4, -0.2) is 44.8 Å². The quantitative estimate of drug-likeness (QED) is 0.223. The number of aliphatic imine (C=N–C) groups is 1. The van der Waals surface area contributed by atoms with Crippen LogP contribution in [0.3, 0.4) is 0 Å². The highest BCUT2D eigenvalue weighted by molar-refractivity contribution is 14.0. The van der Waals surface area contributed by atoms with Crippen LogP contribution in [0.5, 0.6) is 0 Å². The number of benzene rings is 2. The van der Waals surface area contributed by atoms with E-state index in [2.05, 4.69) is 28.5 Å². The Morgan fingerprint density at radius 2 is 1.72 bits per heavy atom. The predicted octanol–water partition coefficient (Wildman–Crippen LogP) is 4.20. The Morgan fingerprint density at radius 1 is 1.03 bits per heavy atom. The van der Waals surface area contributed by atoms with Crippen LogP contribution >= 0.6 is 24.0 Å². The molecule has 0 radical (unpaired) electrons. The van der Waals surface area contributed by atoms with Crippen molar-refractivity contribution < 1.29 is 13.9 Å². The van der Waals surface area contributed by atoms with Crippen molar-refractivity contribution in [2.75, 3.05) is 33.9 Å². The first-order chi connectivity index (χ1) is 13.6. The zero-order valence-electron chi connectivity index (χ0n) is 17.4. The lowest BCUT2D eigenvalue weighted by molar-refractivity contribution is 0.0453. The van der Waals surface area contributed by atoms with Gasteiger partial charge >= 0.3 is 0 Å². The average Bonchev–Trinajstić information content (AvgIpc) is 2.70. The van der Waals surface area contributed by atoms with Gasteiger partial charge in [0.05, 0.1) is 19.8 Å². The maximum absolute atomic E-state index is 13.1. The molecule has 1 N–H and O–H groups in total. The molecule has 0 aliphatic carbocycles. The molecule has 0 fully saturated rings. The van der Waals surface area contributed by atoms with Crippen molar-refractivity contribution in [2.45, 2.75) is 26.6 Å². The summed E-state index contributed by atoms with van der Waals surface area (Å²) in [6.45, 7) is 5.77. The van der Waals surface area contributed by atoms with Crippen LogP contribution in [0.4, 0.5) is 4.39 Å². The summed E-state index contributed by atoms with van der Waals surface area (Å²) in [5.41, 5.74) is 3.31. The van der Waals surface area contributed by atoms with Gasteiger partial charge in [-0.3, -0.25) is 4.99 Å². The van der Waals surface area contributed by atoms with E-state index in [-0.39, 0.29) is 29.8 Å². The molecule has 29 heavy (non-hydrogen) atoms. The van der Waals surface area contributed by atoms with E-state index in [4.69, 9.17) is 9.47 Å². The SMILES string of the molecule is CCOCCOCc1cccc(CNC(=NC)N(C)Cc2ccc(F)cc2)c1.I. The van der Waals surface area contributed by atoms with Gasteiger partial charge in [-0.1, -0.05) is 36.4 Å². The number of ether oxygens (including phenoxy) is 2. The summed E-state index contributed by atoms with van der Waals surface area (Å²) in [7, 11) is 3.72. The Labute approximate surface area is 190 Å². The van der Waals surface area contributed by atoms with Gasteiger partial charge in [-0.15, -0.1) is 24.0 Å². The predicted molar refractivity (Wildman–Crippen MR) is 126 cm³/mol. The minimum Gasteiger partial charge on any atom is -0.379 e. The molecular formula is C22H31FIN3O2. The number of hydrogen-bond acceptors (Lipinski definition) is 3. The highest BCUT2D eigenvalue weighted by atomic mass is 127. The van der Waals surface area contributed by atoms with Gasteiger partial charge in [0.15, 0.2) is 5.96 Å². The van der Waals surface area contributed by atoms with E-state index in [1.807, 2.05) is 24.9 Å². The molecule has 0 heterocycles. The van der Waals surface area contributed by atoms with E-state index in [1.54, 1.807) is 19.2 Å². The van der Waals surface area contributed by atoms with Crippen molar-refractivity contribution in [3.8, 4) is 0 Å². The van der Waals surface area contributed by atoms with E-state index >= 15 is 0 Å². The second-order valence-corrected chi connectivity index (χ2v) is 6.45. The maximum atomic E-state index is 13.1. The number of nitrogens with one attached hydrogen (secondary N) is 1. The smallest absolute Gasteiger partial charge is 0.193 e. The third-order valence-corrected chi connectivity index (χ3v) is 4.19. The highest BCUT2D eigenvalue weighted by Crippen LogP contribution is 2.08. The van der Waals surface area contributed by atoms with Gasteiger partial charge in [0.25, 0.3) is 0 Å². The second-order valence-electron chi connectivity index (χ2n) is 6.45. The van der Waals surface area contributed by atoms with Gasteiger partial charge in [-0.25, -0.2) is 4.39 Å². The van der Waals surface area contributed by atoms with Crippen molar-refractivity contribution in [1.29, 1.82) is 0 Å². The lowest BCUT2D eigenvalue weighted by atomic mass is 10.1. The fraction of sp³-hybridized carbons (Fsp3) is 0.409. The van der Waals surface area contributed by atoms with Gasteiger partial charge in [-0.2, -0.15) is 0 Å². The lowest BCUT2D eigenvalue weighted by Crippen LogP contribution is -2.38. The normalized spacial score (nSPS) is 11.1. The van der Waals surface area contributed by atoms with Crippen molar-refractivity contribution in [3.05, 3.63) is 71.0 Å². The van der Waals surface area contributed by atoms with Crippen LogP contribution in [0.1, 0.15) is 23.6 Å². The molecule has 0 saturated heterocycles. The Kier molecular flexibility index (Phi) is 12.5. The van der Waals surface area contributed by atoms with Gasteiger partial charge in [0.2, 0.25) is 0 Å². The van der Waals surface area contributed by atoms with Crippen molar-refractivity contribution >= 4 is 29.9 Å². The largest absolute Gasteiger partial charge is 0.379 e. The summed E-state index contributed by atoms with van der Waals surface area (Å²) in [5.74, 6) is 0.554. The molecule has 2 aromatic rings. The topological polar surface area (TPSA) is 46.1 Å². The molecule has 2 aromatic carbocycles. The van der Waals surface area contributed by atoms with Gasteiger partial charge in [-0.05, 0) is 35.7 Å². The molecule has 0 amide bonds. The molecule has 0 unspecified atom stereocenters. The van der Waals surface area contributed by atoms with Gasteiger partial charge in [0.1, 0.15) is 5.82 Å². The Morgan fingerprint density at radius 3 is 2.41 bits per heavy atom. The number of halogens is 2.